The molecule has 0 aromatic heterocycles. The van der Waals surface area contributed by atoms with E-state index in [0.29, 0.717) is 6.61 Å². The Kier molecular flexibility index (Phi) is 4.48. The van der Waals surface area contributed by atoms with Crippen molar-refractivity contribution >= 4 is 21.8 Å². The number of carbonyl (C=O) groups is 1. The van der Waals surface area contributed by atoms with Crippen LogP contribution in [0, 0.1) is 5.92 Å². The van der Waals surface area contributed by atoms with Gasteiger partial charge in [-0.25, -0.2) is 0 Å². The van der Waals surface area contributed by atoms with Crippen molar-refractivity contribution in [3.05, 3.63) is 64.1 Å². The van der Waals surface area contributed by atoms with Crippen molar-refractivity contribution in [1.29, 1.82) is 0 Å². The Labute approximate surface area is 138 Å². The Morgan fingerprint density at radius 1 is 1.23 bits per heavy atom. The molecule has 2 aromatic carbocycles. The number of benzene rings is 2. The van der Waals surface area contributed by atoms with E-state index in [-0.39, 0.29) is 17.9 Å². The van der Waals surface area contributed by atoms with Crippen LogP contribution in [0.25, 0.3) is 0 Å². The molecule has 0 saturated carbocycles. The molecule has 1 aliphatic heterocycles. The van der Waals surface area contributed by atoms with Gasteiger partial charge in [0.1, 0.15) is 12.4 Å². The van der Waals surface area contributed by atoms with Crippen molar-refractivity contribution in [2.75, 3.05) is 6.61 Å². The minimum atomic E-state index is -0.132. The highest BCUT2D eigenvalue weighted by Crippen LogP contribution is 2.27. The molecule has 0 radical (unpaired) electrons. The van der Waals surface area contributed by atoms with Gasteiger partial charge in [-0.3, -0.25) is 4.79 Å². The van der Waals surface area contributed by atoms with E-state index in [2.05, 4.69) is 21.2 Å². The Morgan fingerprint density at radius 3 is 2.73 bits per heavy atom. The molecule has 3 nitrogen and oxygen atoms in total. The van der Waals surface area contributed by atoms with Gasteiger partial charge in [-0.2, -0.15) is 0 Å². The molecule has 22 heavy (non-hydrogen) atoms. The lowest BCUT2D eigenvalue weighted by Crippen LogP contribution is -2.38. The first-order valence-electron chi connectivity index (χ1n) is 7.40. The molecule has 0 bridgehead atoms. The average molecular weight is 360 g/mol. The highest BCUT2D eigenvalue weighted by atomic mass is 79.9. The van der Waals surface area contributed by atoms with E-state index in [1.54, 1.807) is 0 Å². The van der Waals surface area contributed by atoms with Gasteiger partial charge in [0.2, 0.25) is 5.91 Å². The first-order chi connectivity index (χ1) is 10.6. The van der Waals surface area contributed by atoms with Crippen LogP contribution in [0.3, 0.4) is 0 Å². The second kappa shape index (κ2) is 6.53. The zero-order chi connectivity index (χ0) is 15.5. The molecule has 0 saturated heterocycles. The summed E-state index contributed by atoms with van der Waals surface area (Å²) in [4.78, 5) is 12.5. The summed E-state index contributed by atoms with van der Waals surface area (Å²) in [6.45, 7) is 2.44. The standard InChI is InChI=1S/C18H18BrNO2/c1-12(13-6-8-16(19)9-7-13)20-18(21)15-10-14-4-2-3-5-17(14)22-11-15/h2-9,12,15H,10-11H2,1H3,(H,20,21). The van der Waals surface area contributed by atoms with Gasteiger partial charge in [0.25, 0.3) is 0 Å². The highest BCUT2D eigenvalue weighted by molar-refractivity contribution is 9.10. The lowest BCUT2D eigenvalue weighted by molar-refractivity contribution is -0.126. The molecule has 2 unspecified atom stereocenters. The monoisotopic (exact) mass is 359 g/mol. The van der Waals surface area contributed by atoms with Crippen LogP contribution in [0.1, 0.15) is 24.1 Å². The van der Waals surface area contributed by atoms with Crippen LogP contribution >= 0.6 is 15.9 Å². The summed E-state index contributed by atoms with van der Waals surface area (Å²) in [7, 11) is 0. The van der Waals surface area contributed by atoms with Crippen molar-refractivity contribution in [3.8, 4) is 5.75 Å². The first-order valence-corrected chi connectivity index (χ1v) is 8.19. The first kappa shape index (κ1) is 15.1. The Balaban J connectivity index is 1.64. The molecule has 1 amide bonds. The van der Waals surface area contributed by atoms with Crippen molar-refractivity contribution < 1.29 is 9.53 Å². The van der Waals surface area contributed by atoms with Crippen LogP contribution in [-0.2, 0) is 11.2 Å². The number of rotatable bonds is 3. The molecule has 0 spiro atoms. The van der Waals surface area contributed by atoms with Gasteiger partial charge < -0.3 is 10.1 Å². The van der Waals surface area contributed by atoms with Crippen LogP contribution in [0.15, 0.2) is 53.0 Å². The van der Waals surface area contributed by atoms with Gasteiger partial charge in [0, 0.05) is 4.47 Å². The van der Waals surface area contributed by atoms with Crippen LogP contribution in [0.2, 0.25) is 0 Å². The topological polar surface area (TPSA) is 38.3 Å². The van der Waals surface area contributed by atoms with E-state index in [4.69, 9.17) is 4.74 Å². The second-order valence-corrected chi connectivity index (χ2v) is 6.52. The number of nitrogens with one attached hydrogen (secondary N) is 1. The summed E-state index contributed by atoms with van der Waals surface area (Å²) in [5.74, 6) is 0.810. The van der Waals surface area contributed by atoms with Crippen LogP contribution in [0.5, 0.6) is 5.75 Å². The van der Waals surface area contributed by atoms with Crippen LogP contribution < -0.4 is 10.1 Å². The fourth-order valence-electron chi connectivity index (χ4n) is 2.66. The molecule has 2 aromatic rings. The lowest BCUT2D eigenvalue weighted by Gasteiger charge is -2.26. The minimum absolute atomic E-state index is 0.0160. The smallest absolute Gasteiger partial charge is 0.227 e. The van der Waals surface area contributed by atoms with Crippen LogP contribution in [-0.4, -0.2) is 12.5 Å². The SMILES string of the molecule is CC(NC(=O)C1COc2ccccc2C1)c1ccc(Br)cc1. The molecule has 2 atom stereocenters. The van der Waals surface area contributed by atoms with Crippen molar-refractivity contribution in [3.63, 3.8) is 0 Å². The van der Waals surface area contributed by atoms with E-state index in [9.17, 15) is 4.79 Å². The third-order valence-corrected chi connectivity index (χ3v) is 4.51. The maximum absolute atomic E-state index is 12.5. The quantitative estimate of drug-likeness (QED) is 0.902. The Hall–Kier alpha value is -1.81. The van der Waals surface area contributed by atoms with Crippen molar-refractivity contribution in [2.24, 2.45) is 5.92 Å². The van der Waals surface area contributed by atoms with Gasteiger partial charge in [-0.15, -0.1) is 0 Å². The zero-order valence-electron chi connectivity index (χ0n) is 12.4. The Morgan fingerprint density at radius 2 is 1.95 bits per heavy atom. The van der Waals surface area contributed by atoms with E-state index in [1.807, 2.05) is 55.5 Å². The number of hydrogen-bond donors (Lipinski definition) is 1. The third kappa shape index (κ3) is 3.33. The zero-order valence-corrected chi connectivity index (χ0v) is 14.0. The summed E-state index contributed by atoms with van der Waals surface area (Å²) in [5.41, 5.74) is 2.19. The molecule has 3 rings (SSSR count). The largest absolute Gasteiger partial charge is 0.492 e. The maximum atomic E-state index is 12.5. The minimum Gasteiger partial charge on any atom is -0.492 e. The molecular weight excluding hydrogens is 342 g/mol. The predicted molar refractivity (Wildman–Crippen MR) is 89.8 cm³/mol. The summed E-state index contributed by atoms with van der Waals surface area (Å²) < 4.78 is 6.73. The van der Waals surface area contributed by atoms with E-state index >= 15 is 0 Å². The molecule has 0 fully saturated rings. The number of ether oxygens (including phenoxy) is 1. The maximum Gasteiger partial charge on any atom is 0.227 e. The highest BCUT2D eigenvalue weighted by Gasteiger charge is 2.26. The molecule has 0 aliphatic carbocycles. The van der Waals surface area contributed by atoms with Gasteiger partial charge >= 0.3 is 0 Å². The predicted octanol–water partition coefficient (Wildman–Crippen LogP) is 3.88. The van der Waals surface area contributed by atoms with E-state index in [1.165, 1.54) is 0 Å². The Bertz CT molecular complexity index is 669. The summed E-state index contributed by atoms with van der Waals surface area (Å²) in [5, 5.41) is 3.08. The van der Waals surface area contributed by atoms with E-state index in [0.717, 1.165) is 27.8 Å². The van der Waals surface area contributed by atoms with Gasteiger partial charge in [-0.05, 0) is 42.7 Å². The van der Waals surface area contributed by atoms with Gasteiger partial charge in [0.15, 0.2) is 0 Å². The van der Waals surface area contributed by atoms with Gasteiger partial charge in [-0.1, -0.05) is 46.3 Å². The number of hydrogen-bond acceptors (Lipinski definition) is 2. The lowest BCUT2D eigenvalue weighted by atomic mass is 9.95. The number of fused-ring (bicyclic) bond motifs is 1. The van der Waals surface area contributed by atoms with E-state index < -0.39 is 0 Å². The molecule has 1 aliphatic rings. The number of halogens is 1. The fourth-order valence-corrected chi connectivity index (χ4v) is 2.93. The van der Waals surface area contributed by atoms with Crippen LogP contribution in [0.4, 0.5) is 0 Å². The number of para-hydroxylation sites is 1. The third-order valence-electron chi connectivity index (χ3n) is 3.98. The second-order valence-electron chi connectivity index (χ2n) is 5.60. The van der Waals surface area contributed by atoms with Gasteiger partial charge in [0.05, 0.1) is 12.0 Å². The summed E-state index contributed by atoms with van der Waals surface area (Å²) in [6, 6.07) is 15.9. The average Bonchev–Trinajstić information content (AvgIpc) is 2.55. The van der Waals surface area contributed by atoms with Crippen molar-refractivity contribution in [1.82, 2.24) is 5.32 Å². The molecule has 1 N–H and O–H groups in total. The fraction of sp³-hybridized carbons (Fsp3) is 0.278. The molecular formula is C18H18BrNO2. The molecule has 4 heteroatoms. The number of amides is 1. The molecule has 1 heterocycles. The normalized spacial score (nSPS) is 18.0. The van der Waals surface area contributed by atoms with Crippen molar-refractivity contribution in [2.45, 2.75) is 19.4 Å². The number of carbonyl (C=O) groups excluding carboxylic acids is 1. The summed E-state index contributed by atoms with van der Waals surface area (Å²) in [6.07, 6.45) is 0.731. The summed E-state index contributed by atoms with van der Waals surface area (Å²) >= 11 is 3.42. The molecule has 114 valence electrons.